The summed E-state index contributed by atoms with van der Waals surface area (Å²) in [6, 6.07) is 6.59. The van der Waals surface area contributed by atoms with Crippen molar-refractivity contribution in [1.29, 1.82) is 0 Å². The number of hydrogen-bond donors (Lipinski definition) is 2. The normalized spacial score (nSPS) is 13.4. The van der Waals surface area contributed by atoms with Gasteiger partial charge in [0.2, 0.25) is 10.0 Å². The molecule has 1 aromatic carbocycles. The molecule has 0 aliphatic carbocycles. The maximum absolute atomic E-state index is 12.0. The molecular weight excluding hydrogens is 272 g/mol. The minimum atomic E-state index is -3.57. The van der Waals surface area contributed by atoms with Gasteiger partial charge in [0.15, 0.2) is 0 Å². The molecule has 3 N–H and O–H groups in total. The predicted octanol–water partition coefficient (Wildman–Crippen LogP) is 0.192. The van der Waals surface area contributed by atoms with Crippen LogP contribution in [0, 0.1) is 0 Å². The summed E-state index contributed by atoms with van der Waals surface area (Å²) in [5.41, 5.74) is 6.08. The first-order valence-electron chi connectivity index (χ1n) is 5.64. The zero-order chi connectivity index (χ0) is 13.6. The van der Waals surface area contributed by atoms with Crippen LogP contribution in [-0.2, 0) is 27.4 Å². The van der Waals surface area contributed by atoms with Gasteiger partial charge in [-0.3, -0.25) is 4.21 Å². The number of nitrogens with two attached hydrogens (primary N) is 1. The molecule has 1 aromatic rings. The number of benzene rings is 1. The fourth-order valence-electron chi connectivity index (χ4n) is 1.45. The Balaban J connectivity index is 2.77. The Labute approximate surface area is 110 Å². The smallest absolute Gasteiger partial charge is 0.240 e. The average molecular weight is 290 g/mol. The second kappa shape index (κ2) is 6.98. The third-order valence-corrected chi connectivity index (χ3v) is 5.29. The Morgan fingerprint density at radius 3 is 2.61 bits per heavy atom. The van der Waals surface area contributed by atoms with Crippen LogP contribution in [0.2, 0.25) is 0 Å². The highest BCUT2D eigenvalue weighted by Crippen LogP contribution is 2.14. The lowest BCUT2D eigenvalue weighted by Gasteiger charge is -2.09. The van der Waals surface area contributed by atoms with Crippen LogP contribution in [0.4, 0.5) is 0 Å². The highest BCUT2D eigenvalue weighted by atomic mass is 32.2. The minimum absolute atomic E-state index is 0.165. The summed E-state index contributed by atoms with van der Waals surface area (Å²) >= 11 is 0. The molecule has 0 spiro atoms. The van der Waals surface area contributed by atoms with Crippen LogP contribution < -0.4 is 10.5 Å². The SMILES string of the molecule is CCS(=O)CCNS(=O)(=O)c1ccccc1CN. The van der Waals surface area contributed by atoms with Crippen molar-refractivity contribution in [1.82, 2.24) is 4.72 Å². The van der Waals surface area contributed by atoms with Gasteiger partial charge in [-0.05, 0) is 11.6 Å². The highest BCUT2D eigenvalue weighted by Gasteiger charge is 2.16. The lowest BCUT2D eigenvalue weighted by atomic mass is 10.2. The number of rotatable bonds is 7. The summed E-state index contributed by atoms with van der Waals surface area (Å²) in [6.07, 6.45) is 0. The Morgan fingerprint density at radius 1 is 1.33 bits per heavy atom. The van der Waals surface area contributed by atoms with E-state index < -0.39 is 20.8 Å². The molecule has 0 aliphatic rings. The topological polar surface area (TPSA) is 89.3 Å². The summed E-state index contributed by atoms with van der Waals surface area (Å²) in [6.45, 7) is 2.13. The Morgan fingerprint density at radius 2 is 2.00 bits per heavy atom. The van der Waals surface area contributed by atoms with Gasteiger partial charge in [-0.25, -0.2) is 13.1 Å². The van der Waals surface area contributed by atoms with Crippen molar-refractivity contribution >= 4 is 20.8 Å². The van der Waals surface area contributed by atoms with Gasteiger partial charge in [0.1, 0.15) is 0 Å². The maximum atomic E-state index is 12.0. The van der Waals surface area contributed by atoms with Gasteiger partial charge in [0.25, 0.3) is 0 Å². The quantitative estimate of drug-likeness (QED) is 0.750. The van der Waals surface area contributed by atoms with E-state index in [1.54, 1.807) is 25.1 Å². The van der Waals surface area contributed by atoms with Crippen molar-refractivity contribution in [2.75, 3.05) is 18.1 Å². The molecule has 0 saturated heterocycles. The molecule has 0 amide bonds. The summed E-state index contributed by atoms with van der Waals surface area (Å²) in [7, 11) is -4.55. The lowest BCUT2D eigenvalue weighted by Crippen LogP contribution is -2.29. The van der Waals surface area contributed by atoms with Crippen molar-refractivity contribution in [3.63, 3.8) is 0 Å². The highest BCUT2D eigenvalue weighted by molar-refractivity contribution is 7.89. The van der Waals surface area contributed by atoms with E-state index in [1.165, 1.54) is 6.07 Å². The molecule has 0 aliphatic heterocycles. The molecule has 0 heterocycles. The van der Waals surface area contributed by atoms with Gasteiger partial charge >= 0.3 is 0 Å². The van der Waals surface area contributed by atoms with Crippen LogP contribution in [-0.4, -0.2) is 30.7 Å². The van der Waals surface area contributed by atoms with E-state index in [1.807, 2.05) is 0 Å². The minimum Gasteiger partial charge on any atom is -0.326 e. The number of hydrogen-bond acceptors (Lipinski definition) is 4. The third kappa shape index (κ3) is 4.16. The van der Waals surface area contributed by atoms with Crippen LogP contribution >= 0.6 is 0 Å². The predicted molar refractivity (Wildman–Crippen MR) is 73.1 cm³/mol. The molecule has 0 saturated carbocycles. The van der Waals surface area contributed by atoms with Crippen LogP contribution in [0.1, 0.15) is 12.5 Å². The van der Waals surface area contributed by atoms with E-state index in [2.05, 4.69) is 4.72 Å². The van der Waals surface area contributed by atoms with E-state index in [-0.39, 0.29) is 18.0 Å². The molecule has 5 nitrogen and oxygen atoms in total. The Hall–Kier alpha value is -0.760. The number of nitrogens with one attached hydrogen (secondary N) is 1. The first kappa shape index (κ1) is 15.3. The zero-order valence-electron chi connectivity index (χ0n) is 10.3. The molecule has 18 heavy (non-hydrogen) atoms. The average Bonchev–Trinajstić information content (AvgIpc) is 2.38. The molecule has 0 aromatic heterocycles. The standard InChI is InChI=1S/C11H18N2O3S2/c1-2-17(14)8-7-13-18(15,16)11-6-4-3-5-10(11)9-12/h3-6,13H,2,7-9,12H2,1H3. The lowest BCUT2D eigenvalue weighted by molar-refractivity contribution is 0.582. The van der Waals surface area contributed by atoms with Crippen LogP contribution in [0.25, 0.3) is 0 Å². The van der Waals surface area contributed by atoms with Crippen LogP contribution in [0.3, 0.4) is 0 Å². The van der Waals surface area contributed by atoms with Crippen molar-refractivity contribution in [2.45, 2.75) is 18.4 Å². The first-order chi connectivity index (χ1) is 8.51. The van der Waals surface area contributed by atoms with Gasteiger partial charge in [0, 0.05) is 35.4 Å². The van der Waals surface area contributed by atoms with Gasteiger partial charge in [-0.2, -0.15) is 0 Å². The summed E-state index contributed by atoms with van der Waals surface area (Å²) in [4.78, 5) is 0.190. The van der Waals surface area contributed by atoms with E-state index >= 15 is 0 Å². The van der Waals surface area contributed by atoms with E-state index in [4.69, 9.17) is 5.73 Å². The van der Waals surface area contributed by atoms with Gasteiger partial charge in [-0.1, -0.05) is 25.1 Å². The molecule has 1 unspecified atom stereocenters. The largest absolute Gasteiger partial charge is 0.326 e. The third-order valence-electron chi connectivity index (χ3n) is 2.43. The van der Waals surface area contributed by atoms with Crippen molar-refractivity contribution in [2.24, 2.45) is 5.73 Å². The fraction of sp³-hybridized carbons (Fsp3) is 0.455. The summed E-state index contributed by atoms with van der Waals surface area (Å²) in [5.74, 6) is 0.849. The summed E-state index contributed by atoms with van der Waals surface area (Å²) < 4.78 is 37.7. The Bertz CT molecular complexity index is 515. The molecular formula is C11H18N2O3S2. The van der Waals surface area contributed by atoms with Gasteiger partial charge in [0.05, 0.1) is 4.90 Å². The maximum Gasteiger partial charge on any atom is 0.240 e. The molecule has 102 valence electrons. The molecule has 0 radical (unpaired) electrons. The fourth-order valence-corrected chi connectivity index (χ4v) is 3.47. The molecule has 0 bridgehead atoms. The Kier molecular flexibility index (Phi) is 5.94. The van der Waals surface area contributed by atoms with Crippen molar-refractivity contribution < 1.29 is 12.6 Å². The van der Waals surface area contributed by atoms with Gasteiger partial charge < -0.3 is 5.73 Å². The monoisotopic (exact) mass is 290 g/mol. The van der Waals surface area contributed by atoms with Crippen molar-refractivity contribution in [3.05, 3.63) is 29.8 Å². The molecule has 1 atom stereocenters. The molecule has 7 heteroatoms. The number of sulfonamides is 1. The van der Waals surface area contributed by atoms with E-state index in [9.17, 15) is 12.6 Å². The van der Waals surface area contributed by atoms with E-state index in [0.29, 0.717) is 17.1 Å². The molecule has 0 fully saturated rings. The second-order valence-corrected chi connectivity index (χ2v) is 7.24. The van der Waals surface area contributed by atoms with Crippen LogP contribution in [0.5, 0.6) is 0 Å². The molecule has 1 rings (SSSR count). The zero-order valence-corrected chi connectivity index (χ0v) is 11.9. The van der Waals surface area contributed by atoms with Gasteiger partial charge in [-0.15, -0.1) is 0 Å². The summed E-state index contributed by atoms with van der Waals surface area (Å²) in [5, 5.41) is 0. The second-order valence-electron chi connectivity index (χ2n) is 3.64. The van der Waals surface area contributed by atoms with Crippen molar-refractivity contribution in [3.8, 4) is 0 Å². The van der Waals surface area contributed by atoms with Crippen LogP contribution in [0.15, 0.2) is 29.2 Å². The first-order valence-corrected chi connectivity index (χ1v) is 8.61. The van der Waals surface area contributed by atoms with E-state index in [0.717, 1.165) is 0 Å².